The minimum atomic E-state index is -0.377. The molecule has 1 fully saturated rings. The summed E-state index contributed by atoms with van der Waals surface area (Å²) in [6.45, 7) is 7.97. The molecule has 33 heavy (non-hydrogen) atoms. The number of nitrogens with one attached hydrogen (secondary N) is 1. The number of nitriles is 1. The van der Waals surface area contributed by atoms with Crippen LogP contribution in [0.1, 0.15) is 22.5 Å². The second kappa shape index (κ2) is 9.94. The van der Waals surface area contributed by atoms with Crippen molar-refractivity contribution >= 4 is 11.7 Å². The number of benzene rings is 1. The molecule has 170 valence electrons. The Morgan fingerprint density at radius 3 is 2.55 bits per heavy atom. The molecule has 1 aliphatic rings. The number of amides is 1. The van der Waals surface area contributed by atoms with Crippen molar-refractivity contribution in [2.75, 3.05) is 38.0 Å². The fourth-order valence-electron chi connectivity index (χ4n) is 4.20. The van der Waals surface area contributed by atoms with Gasteiger partial charge in [-0.3, -0.25) is 24.1 Å². The largest absolute Gasteiger partial charge is 0.310 e. The Bertz CT molecular complexity index is 1180. The number of aromatic nitrogens is 2. The third-order valence-corrected chi connectivity index (χ3v) is 6.09. The van der Waals surface area contributed by atoms with Crippen molar-refractivity contribution in [3.63, 3.8) is 0 Å². The first kappa shape index (κ1) is 22.6. The van der Waals surface area contributed by atoms with Gasteiger partial charge in [-0.25, -0.2) is 4.39 Å². The minimum absolute atomic E-state index is 0.195. The third kappa shape index (κ3) is 5.11. The summed E-state index contributed by atoms with van der Waals surface area (Å²) in [7, 11) is 0. The van der Waals surface area contributed by atoms with Crippen LogP contribution in [0.4, 0.5) is 10.2 Å². The summed E-state index contributed by atoms with van der Waals surface area (Å²) in [6, 6.07) is 14.2. The van der Waals surface area contributed by atoms with Crippen LogP contribution in [0, 0.1) is 31.0 Å². The number of nitrogens with zero attached hydrogens (tertiary/aromatic N) is 5. The van der Waals surface area contributed by atoms with E-state index >= 15 is 0 Å². The van der Waals surface area contributed by atoms with Crippen LogP contribution >= 0.6 is 0 Å². The van der Waals surface area contributed by atoms with E-state index in [0.29, 0.717) is 17.1 Å². The van der Waals surface area contributed by atoms with Crippen LogP contribution in [0.25, 0.3) is 5.69 Å². The summed E-state index contributed by atoms with van der Waals surface area (Å²) in [5.74, 6) is -0.186. The van der Waals surface area contributed by atoms with Gasteiger partial charge in [0.25, 0.3) is 0 Å². The Kier molecular flexibility index (Phi) is 6.82. The molecule has 1 N–H and O–H groups in total. The smallest absolute Gasteiger partial charge is 0.239 e. The highest BCUT2D eigenvalue weighted by Crippen LogP contribution is 2.30. The molecule has 1 aromatic carbocycles. The number of rotatable bonds is 6. The first-order valence-corrected chi connectivity index (χ1v) is 11.0. The monoisotopic (exact) mass is 446 g/mol. The Labute approximate surface area is 193 Å². The summed E-state index contributed by atoms with van der Waals surface area (Å²) in [5, 5.41) is 12.6. The van der Waals surface area contributed by atoms with Crippen LogP contribution in [-0.2, 0) is 11.3 Å². The molecule has 1 saturated heterocycles. The predicted octanol–water partition coefficient (Wildman–Crippen LogP) is 3.26. The van der Waals surface area contributed by atoms with Gasteiger partial charge < -0.3 is 5.32 Å². The van der Waals surface area contributed by atoms with E-state index in [1.807, 2.05) is 32.0 Å². The molecule has 0 aliphatic carbocycles. The zero-order valence-corrected chi connectivity index (χ0v) is 18.9. The van der Waals surface area contributed by atoms with E-state index < -0.39 is 0 Å². The van der Waals surface area contributed by atoms with Crippen molar-refractivity contribution in [2.24, 2.45) is 0 Å². The van der Waals surface area contributed by atoms with Crippen molar-refractivity contribution in [3.8, 4) is 11.8 Å². The Hall–Kier alpha value is -3.54. The lowest BCUT2D eigenvalue weighted by Crippen LogP contribution is -2.48. The number of hydrogen-bond donors (Lipinski definition) is 1. The Balaban J connectivity index is 1.43. The average Bonchev–Trinajstić information content (AvgIpc) is 3.04. The fourth-order valence-corrected chi connectivity index (χ4v) is 4.20. The molecule has 0 saturated carbocycles. The topological polar surface area (TPSA) is 77.2 Å². The first-order valence-electron chi connectivity index (χ1n) is 11.0. The van der Waals surface area contributed by atoms with E-state index in [1.54, 1.807) is 22.9 Å². The van der Waals surface area contributed by atoms with Crippen LogP contribution < -0.4 is 5.32 Å². The molecule has 0 unspecified atom stereocenters. The van der Waals surface area contributed by atoms with Gasteiger partial charge in [0, 0.05) is 44.6 Å². The van der Waals surface area contributed by atoms with Gasteiger partial charge in [0.2, 0.25) is 5.91 Å². The van der Waals surface area contributed by atoms with Crippen molar-refractivity contribution in [1.82, 2.24) is 19.4 Å². The van der Waals surface area contributed by atoms with Crippen molar-refractivity contribution < 1.29 is 9.18 Å². The third-order valence-electron chi connectivity index (χ3n) is 6.09. The molecular weight excluding hydrogens is 419 g/mol. The highest BCUT2D eigenvalue weighted by atomic mass is 19.1. The molecule has 7 nitrogen and oxygen atoms in total. The van der Waals surface area contributed by atoms with E-state index in [-0.39, 0.29) is 18.3 Å². The summed E-state index contributed by atoms with van der Waals surface area (Å²) in [5.41, 5.74) is 3.55. The predicted molar refractivity (Wildman–Crippen MR) is 124 cm³/mol. The van der Waals surface area contributed by atoms with Crippen LogP contribution in [0.5, 0.6) is 0 Å². The van der Waals surface area contributed by atoms with E-state index in [2.05, 4.69) is 26.2 Å². The summed E-state index contributed by atoms with van der Waals surface area (Å²) in [4.78, 5) is 21.7. The number of halogens is 1. The molecule has 3 heterocycles. The first-order chi connectivity index (χ1) is 16.0. The number of anilines is 1. The second-order valence-electron chi connectivity index (χ2n) is 8.28. The number of hydrogen-bond acceptors (Lipinski definition) is 5. The van der Waals surface area contributed by atoms with Crippen LogP contribution in [0.2, 0.25) is 0 Å². The fraction of sp³-hybridized carbons (Fsp3) is 0.320. The lowest BCUT2D eigenvalue weighted by Gasteiger charge is -2.34. The van der Waals surface area contributed by atoms with Crippen molar-refractivity contribution in [3.05, 3.63) is 77.0 Å². The maximum absolute atomic E-state index is 13.9. The zero-order chi connectivity index (χ0) is 23.4. The van der Waals surface area contributed by atoms with Gasteiger partial charge in [0.05, 0.1) is 23.5 Å². The van der Waals surface area contributed by atoms with Gasteiger partial charge in [-0.2, -0.15) is 5.26 Å². The molecular formula is C25H27FN6O. The maximum atomic E-state index is 13.9. The summed E-state index contributed by atoms with van der Waals surface area (Å²) >= 11 is 0. The quantitative estimate of drug-likeness (QED) is 0.629. The Morgan fingerprint density at radius 2 is 1.88 bits per heavy atom. The second-order valence-corrected chi connectivity index (χ2v) is 8.28. The highest BCUT2D eigenvalue weighted by molar-refractivity contribution is 5.93. The van der Waals surface area contributed by atoms with Crippen LogP contribution in [-0.4, -0.2) is 58.0 Å². The molecule has 0 spiro atoms. The maximum Gasteiger partial charge on any atom is 0.239 e. The molecule has 2 aromatic heterocycles. The van der Waals surface area contributed by atoms with E-state index in [0.717, 1.165) is 49.7 Å². The molecule has 0 atom stereocenters. The van der Waals surface area contributed by atoms with Crippen LogP contribution in [0.15, 0.2) is 48.7 Å². The zero-order valence-electron chi connectivity index (χ0n) is 18.9. The van der Waals surface area contributed by atoms with E-state index in [9.17, 15) is 14.4 Å². The van der Waals surface area contributed by atoms with Gasteiger partial charge in [0.1, 0.15) is 17.7 Å². The van der Waals surface area contributed by atoms with Gasteiger partial charge in [-0.15, -0.1) is 0 Å². The Morgan fingerprint density at radius 1 is 1.12 bits per heavy atom. The van der Waals surface area contributed by atoms with Gasteiger partial charge in [0.15, 0.2) is 0 Å². The van der Waals surface area contributed by atoms with Crippen LogP contribution in [0.3, 0.4) is 0 Å². The minimum Gasteiger partial charge on any atom is -0.310 e. The molecule has 3 aromatic rings. The number of carbonyl (C=O) groups is 1. The number of carbonyl (C=O) groups excluding carboxylic acids is 1. The summed E-state index contributed by atoms with van der Waals surface area (Å²) in [6.07, 6.45) is 1.80. The standard InChI is InChI=1S/C25H27FN6O/c1-18-19(2)32(22-8-5-6-20(26)14-22)25(23(18)15-27)29-24(33)17-31-12-10-30(11-13-31)16-21-7-3-4-9-28-21/h3-9,14H,10-13,16-17H2,1-2H3,(H,29,33). The average molecular weight is 447 g/mol. The summed E-state index contributed by atoms with van der Waals surface area (Å²) < 4.78 is 15.6. The lowest BCUT2D eigenvalue weighted by atomic mass is 10.2. The van der Waals surface area contributed by atoms with Crippen molar-refractivity contribution in [2.45, 2.75) is 20.4 Å². The molecule has 4 rings (SSSR count). The number of pyridine rings is 1. The van der Waals surface area contributed by atoms with Gasteiger partial charge in [-0.05, 0) is 49.7 Å². The molecule has 8 heteroatoms. The van der Waals surface area contributed by atoms with Gasteiger partial charge >= 0.3 is 0 Å². The molecule has 0 bridgehead atoms. The SMILES string of the molecule is Cc1c(C#N)c(NC(=O)CN2CCN(Cc3ccccn3)CC2)n(-c2cccc(F)c2)c1C. The van der Waals surface area contributed by atoms with Crippen molar-refractivity contribution in [1.29, 1.82) is 5.26 Å². The lowest BCUT2D eigenvalue weighted by molar-refractivity contribution is -0.117. The molecule has 1 amide bonds. The van der Waals surface area contributed by atoms with E-state index in [4.69, 9.17) is 0 Å². The molecule has 1 aliphatic heterocycles. The highest BCUT2D eigenvalue weighted by Gasteiger charge is 2.23. The molecule has 0 radical (unpaired) electrons. The van der Waals surface area contributed by atoms with Gasteiger partial charge in [-0.1, -0.05) is 12.1 Å². The van der Waals surface area contributed by atoms with E-state index in [1.165, 1.54) is 12.1 Å². The number of piperazine rings is 1. The normalized spacial score (nSPS) is 14.7.